The van der Waals surface area contributed by atoms with Crippen molar-refractivity contribution in [3.8, 4) is 16.8 Å². The summed E-state index contributed by atoms with van der Waals surface area (Å²) >= 11 is 0. The molecule has 8 aromatic rings. The molecule has 1 aliphatic rings. The van der Waals surface area contributed by atoms with Crippen LogP contribution in [0.1, 0.15) is 125 Å². The molecule has 2 amide bonds. The summed E-state index contributed by atoms with van der Waals surface area (Å²) < 4.78 is 2.14. The number of anilines is 4. The van der Waals surface area contributed by atoms with Crippen molar-refractivity contribution in [3.63, 3.8) is 0 Å². The second-order valence-corrected chi connectivity index (χ2v) is 20.9. The fraction of sp³-hybridized carbons (Fsp3) is 0.250. The normalized spacial score (nSPS) is 12.8. The van der Waals surface area contributed by atoms with Gasteiger partial charge < -0.3 is 27.4 Å². The van der Waals surface area contributed by atoms with E-state index in [2.05, 4.69) is 20.5 Å². The number of nitrogens with one attached hydrogen (secondary N) is 3. The number of aromatic nitrogens is 2. The van der Waals surface area contributed by atoms with E-state index in [4.69, 9.17) is 21.4 Å². The van der Waals surface area contributed by atoms with Crippen LogP contribution in [0.25, 0.3) is 38.9 Å². The van der Waals surface area contributed by atoms with Crippen LogP contribution in [0.15, 0.2) is 174 Å². The van der Waals surface area contributed by atoms with Crippen molar-refractivity contribution < 1.29 is 23.7 Å². The number of aliphatic imine (C=N–C) groups is 1. The van der Waals surface area contributed by atoms with Crippen molar-refractivity contribution in [1.29, 1.82) is 0 Å². The maximum atomic E-state index is 13.7. The molecule has 0 bridgehead atoms. The number of carbonyl (C=O) groups is 4. The van der Waals surface area contributed by atoms with Crippen LogP contribution in [0.4, 0.5) is 28.4 Å². The second kappa shape index (κ2) is 26.1. The van der Waals surface area contributed by atoms with E-state index in [0.717, 1.165) is 141 Å². The molecule has 9 rings (SSSR count). The predicted octanol–water partition coefficient (Wildman–Crippen LogP) is 14.0. The molecule has 0 unspecified atom stereocenters. The Morgan fingerprint density at radius 1 is 0.562 bits per heavy atom. The van der Waals surface area contributed by atoms with Crippen molar-refractivity contribution in [2.45, 2.75) is 98.3 Å². The minimum atomic E-state index is -0.130. The molecule has 406 valence electrons. The number of carbonyl (C=O) groups excluding carboxylic acids is 4. The number of hydrogen-bond acceptors (Lipinski definition) is 9. The third-order valence-electron chi connectivity index (χ3n) is 14.9. The number of Topliss-reactive ketones (excluding diaryl/α,β-unsaturated/α-hetero) is 2. The van der Waals surface area contributed by atoms with Gasteiger partial charge in [-0.15, -0.1) is 4.57 Å². The van der Waals surface area contributed by atoms with Crippen molar-refractivity contribution in [2.24, 2.45) is 4.99 Å². The predicted molar refractivity (Wildman–Crippen MR) is 326 cm³/mol. The number of nitrogens with two attached hydrogens (primary N) is 2. The Morgan fingerprint density at radius 2 is 1.09 bits per heavy atom. The number of ketones is 2. The quantitative estimate of drug-likeness (QED) is 0.0138. The van der Waals surface area contributed by atoms with E-state index in [1.54, 1.807) is 0 Å². The molecular weight excluding hydrogens is 993 g/mol. The van der Waals surface area contributed by atoms with E-state index in [0.29, 0.717) is 60.4 Å². The van der Waals surface area contributed by atoms with Crippen LogP contribution in [-0.4, -0.2) is 47.2 Å². The van der Waals surface area contributed by atoms with Gasteiger partial charge in [0.1, 0.15) is 11.0 Å². The monoisotopic (exact) mass is 1060 g/mol. The summed E-state index contributed by atoms with van der Waals surface area (Å²) in [5, 5.41) is 9.51. The number of rotatable bonds is 23. The number of allylic oxidation sites excluding steroid dienone is 4. The van der Waals surface area contributed by atoms with E-state index < -0.39 is 0 Å². The number of nitrogen functional groups attached to an aromatic ring is 2. The lowest BCUT2D eigenvalue weighted by atomic mass is 9.92. The summed E-state index contributed by atoms with van der Waals surface area (Å²) in [5.41, 5.74) is 30.1. The van der Waals surface area contributed by atoms with E-state index in [9.17, 15) is 19.2 Å². The molecule has 0 saturated heterocycles. The molecule has 7 N–H and O–H groups in total. The second-order valence-electron chi connectivity index (χ2n) is 20.9. The van der Waals surface area contributed by atoms with Gasteiger partial charge in [0.2, 0.25) is 16.7 Å². The Balaban J connectivity index is 0.653. The molecular formula is C68H71N8O4+. The first-order valence-electron chi connectivity index (χ1n) is 27.9. The van der Waals surface area contributed by atoms with Crippen molar-refractivity contribution in [1.82, 2.24) is 15.6 Å². The number of unbranched alkanes of at least 4 members (excludes halogenated alkanes) is 6. The summed E-state index contributed by atoms with van der Waals surface area (Å²) in [4.78, 5) is 62.9. The molecule has 1 heterocycles. The van der Waals surface area contributed by atoms with Crippen LogP contribution >= 0.6 is 0 Å². The van der Waals surface area contributed by atoms with Crippen LogP contribution in [-0.2, 0) is 4.79 Å². The average molecular weight is 1060 g/mol. The van der Waals surface area contributed by atoms with Gasteiger partial charge in [0.05, 0.1) is 11.4 Å². The molecule has 0 atom stereocenters. The Bertz CT molecular complexity index is 3680. The lowest BCUT2D eigenvalue weighted by molar-refractivity contribution is -0.538. The van der Waals surface area contributed by atoms with Gasteiger partial charge in [0, 0.05) is 102 Å². The van der Waals surface area contributed by atoms with Gasteiger partial charge in [-0.05, 0) is 154 Å². The van der Waals surface area contributed by atoms with E-state index in [1.807, 2.05) is 185 Å². The summed E-state index contributed by atoms with van der Waals surface area (Å²) in [7, 11) is 0. The lowest BCUT2D eigenvalue weighted by Crippen LogP contribution is -2.33. The van der Waals surface area contributed by atoms with Gasteiger partial charge in [0.25, 0.3) is 11.8 Å². The maximum absolute atomic E-state index is 13.7. The van der Waals surface area contributed by atoms with Gasteiger partial charge in [-0.25, -0.2) is 4.98 Å². The molecule has 0 radical (unpaired) electrons. The zero-order chi connectivity index (χ0) is 56.1. The molecule has 0 fully saturated rings. The fourth-order valence-corrected chi connectivity index (χ4v) is 10.3. The average Bonchev–Trinajstić information content (AvgIpc) is 3.61. The first kappa shape index (κ1) is 55.7. The van der Waals surface area contributed by atoms with Gasteiger partial charge in [-0.1, -0.05) is 92.4 Å². The highest BCUT2D eigenvalue weighted by molar-refractivity contribution is 6.08. The highest BCUT2D eigenvalue weighted by Crippen LogP contribution is 2.34. The third kappa shape index (κ3) is 13.8. The molecule has 80 heavy (non-hydrogen) atoms. The van der Waals surface area contributed by atoms with Crippen molar-refractivity contribution in [3.05, 3.63) is 202 Å². The van der Waals surface area contributed by atoms with Crippen LogP contribution in [0.3, 0.4) is 0 Å². The largest absolute Gasteiger partial charge is 0.398 e. The highest BCUT2D eigenvalue weighted by atomic mass is 16.2. The number of hydrogen-bond donors (Lipinski definition) is 5. The van der Waals surface area contributed by atoms with Gasteiger partial charge in [-0.2, -0.15) is 0 Å². The van der Waals surface area contributed by atoms with Crippen LogP contribution < -0.4 is 32.0 Å². The maximum Gasteiger partial charge on any atom is 0.251 e. The standard InChI is InChI=1S/C68H70N8O4/c1-44-37-53(74-59-39-46(3)57(69)42-60(59)73-52-19-11-9-12-20-52)33-34-55(44)65(77)23-15-5-7-17-35-71-67(79)50-29-25-48(26-30-50)49-27-31-51(32-28-49)68(80)72-36-18-8-6-16-24-66(78)56-41-63-61(38-45(56)2)75-62-40-47(4)58(70)43-64(62)76(63)54-21-13-10-14-22-54/h9-14,19-22,25-32,34,37-43,70,73H,5-8,15-18,23-24,33,35-36,69H2,1-4H3,(H2,71,72,79,80)/p+1. The Hall–Kier alpha value is -9.03. The summed E-state index contributed by atoms with van der Waals surface area (Å²) in [6.07, 6.45) is 12.3. The molecule has 1 aliphatic carbocycles. The number of benzene rings is 7. The van der Waals surface area contributed by atoms with E-state index in [-0.39, 0.29) is 23.4 Å². The van der Waals surface area contributed by atoms with Crippen molar-refractivity contribution >= 4 is 79.6 Å². The number of nitrogens with zero attached hydrogens (tertiary/aromatic N) is 3. The fourth-order valence-electron chi connectivity index (χ4n) is 10.3. The molecule has 1 aromatic heterocycles. The minimum Gasteiger partial charge on any atom is -0.398 e. The number of amides is 2. The van der Waals surface area contributed by atoms with E-state index >= 15 is 0 Å². The minimum absolute atomic E-state index is 0.106. The molecule has 12 nitrogen and oxygen atoms in total. The zero-order valence-electron chi connectivity index (χ0n) is 46.3. The zero-order valence-corrected chi connectivity index (χ0v) is 46.3. The van der Waals surface area contributed by atoms with Gasteiger partial charge >= 0.3 is 0 Å². The topological polar surface area (TPSA) is 186 Å². The summed E-state index contributed by atoms with van der Waals surface area (Å²) in [6.45, 7) is 9.00. The van der Waals surface area contributed by atoms with Crippen LogP contribution in [0.5, 0.6) is 0 Å². The van der Waals surface area contributed by atoms with E-state index in [1.165, 1.54) is 0 Å². The highest BCUT2D eigenvalue weighted by Gasteiger charge is 2.24. The first-order valence-corrected chi connectivity index (χ1v) is 27.9. The molecule has 0 spiro atoms. The Kier molecular flexibility index (Phi) is 18.2. The number of para-hydroxylation sites is 2. The van der Waals surface area contributed by atoms with Gasteiger partial charge in [-0.3, -0.25) is 24.2 Å². The van der Waals surface area contributed by atoms with Crippen molar-refractivity contribution in [2.75, 3.05) is 29.9 Å². The number of fused-ring (bicyclic) bond motifs is 2. The van der Waals surface area contributed by atoms with Crippen LogP contribution in [0, 0.1) is 20.8 Å². The molecule has 12 heteroatoms. The summed E-state index contributed by atoms with van der Waals surface area (Å²) in [6, 6.07) is 46.8. The Morgan fingerprint density at radius 3 is 1.69 bits per heavy atom. The molecule has 0 saturated carbocycles. The SMILES string of the molecule is CC1=CC(=Nc2cc(C)c(N)cc2Nc2ccccc2)CC=C1C(=O)CCCCCCNC(=O)c1ccc(-c2ccc(C(=O)NCCCCCCC(=O)c3cc4c(cc3C)nc3cc(C)c(N)cc3[n+]4-c3ccccc3)cc2)cc1. The number of aryl methyl sites for hydroxylation is 3. The lowest BCUT2D eigenvalue weighted by Gasteiger charge is -2.16. The third-order valence-corrected chi connectivity index (χ3v) is 14.9. The van der Waals surface area contributed by atoms with Crippen LogP contribution in [0.2, 0.25) is 0 Å². The van der Waals surface area contributed by atoms with Gasteiger partial charge in [0.15, 0.2) is 11.6 Å². The smallest absolute Gasteiger partial charge is 0.251 e. The molecule has 0 aliphatic heterocycles. The Labute approximate surface area is 469 Å². The first-order chi connectivity index (χ1) is 38.8. The summed E-state index contributed by atoms with van der Waals surface area (Å²) in [5.74, 6) is -0.00279. The molecule has 7 aromatic carbocycles.